The fourth-order valence-electron chi connectivity index (χ4n) is 1.79. The molecule has 1 saturated heterocycles. The molecule has 1 rings (SSSR count). The van der Waals surface area contributed by atoms with Crippen LogP contribution in [0, 0.1) is 0 Å². The van der Waals surface area contributed by atoms with Crippen LogP contribution in [0.25, 0.3) is 0 Å². The molecule has 0 saturated carbocycles. The van der Waals surface area contributed by atoms with Crippen LogP contribution in [0.2, 0.25) is 0 Å². The fraction of sp³-hybridized carbons (Fsp3) is 0.889. The Balaban J connectivity index is 2.30. The van der Waals surface area contributed by atoms with Gasteiger partial charge in [0.2, 0.25) is 5.91 Å². The number of amides is 1. The Morgan fingerprint density at radius 3 is 2.33 bits per heavy atom. The summed E-state index contributed by atoms with van der Waals surface area (Å²) in [5.74, 6) is 4.85. The van der Waals surface area contributed by atoms with Gasteiger partial charge in [-0.3, -0.25) is 15.1 Å². The van der Waals surface area contributed by atoms with Gasteiger partial charge >= 0.3 is 0 Å². The molecule has 6 heteroatoms. The molecule has 0 aromatic carbocycles. The van der Waals surface area contributed by atoms with E-state index >= 15 is 0 Å². The van der Waals surface area contributed by atoms with Crippen molar-refractivity contribution in [2.75, 3.05) is 33.9 Å². The van der Waals surface area contributed by atoms with Crippen LogP contribution in [0.3, 0.4) is 0 Å². The molecule has 2 atom stereocenters. The third-order valence-corrected chi connectivity index (χ3v) is 2.71. The van der Waals surface area contributed by atoms with Gasteiger partial charge in [0, 0.05) is 40.3 Å². The SMILES string of the molecule is COC1CN(CCC(=O)NN)CC1OC. The number of nitrogens with one attached hydrogen (secondary N) is 1. The first-order chi connectivity index (χ1) is 7.21. The van der Waals surface area contributed by atoms with E-state index in [1.807, 2.05) is 0 Å². The third kappa shape index (κ3) is 3.42. The van der Waals surface area contributed by atoms with Crippen molar-refractivity contribution < 1.29 is 14.3 Å². The highest BCUT2D eigenvalue weighted by Crippen LogP contribution is 2.15. The monoisotopic (exact) mass is 217 g/mol. The molecule has 3 N–H and O–H groups in total. The lowest BCUT2D eigenvalue weighted by molar-refractivity contribution is -0.121. The molecular formula is C9H19N3O3. The van der Waals surface area contributed by atoms with Gasteiger partial charge in [0.1, 0.15) is 0 Å². The Kier molecular flexibility index (Phi) is 4.97. The van der Waals surface area contributed by atoms with Crippen molar-refractivity contribution in [2.45, 2.75) is 18.6 Å². The molecule has 88 valence electrons. The van der Waals surface area contributed by atoms with Crippen LogP contribution in [0.4, 0.5) is 0 Å². The highest BCUT2D eigenvalue weighted by molar-refractivity contribution is 5.75. The maximum atomic E-state index is 10.9. The maximum absolute atomic E-state index is 10.9. The number of ether oxygens (including phenoxy) is 2. The minimum absolute atomic E-state index is 0.0935. The van der Waals surface area contributed by atoms with Gasteiger partial charge in [-0.15, -0.1) is 0 Å². The van der Waals surface area contributed by atoms with E-state index in [1.54, 1.807) is 14.2 Å². The topological polar surface area (TPSA) is 76.8 Å². The number of nitrogens with zero attached hydrogens (tertiary/aromatic N) is 1. The molecule has 0 aromatic heterocycles. The normalized spacial score (nSPS) is 26.9. The Morgan fingerprint density at radius 2 is 1.93 bits per heavy atom. The lowest BCUT2D eigenvalue weighted by Gasteiger charge is -2.13. The minimum Gasteiger partial charge on any atom is -0.377 e. The lowest BCUT2D eigenvalue weighted by atomic mass is 10.3. The molecular weight excluding hydrogens is 198 g/mol. The summed E-state index contributed by atoms with van der Waals surface area (Å²) in [7, 11) is 3.35. The summed E-state index contributed by atoms with van der Waals surface area (Å²) in [6, 6.07) is 0. The van der Waals surface area contributed by atoms with E-state index in [0.29, 0.717) is 13.0 Å². The van der Waals surface area contributed by atoms with E-state index in [1.165, 1.54) is 0 Å². The molecule has 1 amide bonds. The summed E-state index contributed by atoms with van der Waals surface area (Å²) < 4.78 is 10.6. The summed E-state index contributed by atoms with van der Waals surface area (Å²) >= 11 is 0. The molecule has 0 radical (unpaired) electrons. The predicted octanol–water partition coefficient (Wildman–Crippen LogP) is -1.29. The molecule has 2 unspecified atom stereocenters. The first kappa shape index (κ1) is 12.4. The van der Waals surface area contributed by atoms with Crippen molar-refractivity contribution in [3.05, 3.63) is 0 Å². The van der Waals surface area contributed by atoms with Crippen molar-refractivity contribution in [3.8, 4) is 0 Å². The highest BCUT2D eigenvalue weighted by atomic mass is 16.5. The fourth-order valence-corrected chi connectivity index (χ4v) is 1.79. The summed E-state index contributed by atoms with van der Waals surface area (Å²) in [4.78, 5) is 13.1. The van der Waals surface area contributed by atoms with Crippen LogP contribution in [0.15, 0.2) is 0 Å². The molecule has 15 heavy (non-hydrogen) atoms. The van der Waals surface area contributed by atoms with E-state index in [2.05, 4.69) is 10.3 Å². The Labute approximate surface area is 89.7 Å². The summed E-state index contributed by atoms with van der Waals surface area (Å²) in [6.07, 6.45) is 0.593. The predicted molar refractivity (Wildman–Crippen MR) is 55.0 cm³/mol. The smallest absolute Gasteiger partial charge is 0.235 e. The van der Waals surface area contributed by atoms with E-state index in [0.717, 1.165) is 13.1 Å². The molecule has 1 aliphatic heterocycles. The van der Waals surface area contributed by atoms with E-state index in [9.17, 15) is 4.79 Å². The van der Waals surface area contributed by atoms with Crippen LogP contribution in [-0.2, 0) is 14.3 Å². The number of hydrogen-bond acceptors (Lipinski definition) is 5. The van der Waals surface area contributed by atoms with Crippen LogP contribution in [0.5, 0.6) is 0 Å². The zero-order valence-electron chi connectivity index (χ0n) is 9.23. The van der Waals surface area contributed by atoms with Crippen LogP contribution < -0.4 is 11.3 Å². The van der Waals surface area contributed by atoms with Crippen molar-refractivity contribution in [2.24, 2.45) is 5.84 Å². The number of rotatable bonds is 5. The van der Waals surface area contributed by atoms with Gasteiger partial charge in [0.15, 0.2) is 0 Å². The summed E-state index contributed by atoms with van der Waals surface area (Å²) in [5, 5.41) is 0. The molecule has 0 aliphatic carbocycles. The van der Waals surface area contributed by atoms with Gasteiger partial charge in [-0.05, 0) is 0 Å². The Bertz CT molecular complexity index is 201. The van der Waals surface area contributed by atoms with Gasteiger partial charge in [-0.1, -0.05) is 0 Å². The van der Waals surface area contributed by atoms with E-state index in [-0.39, 0.29) is 18.1 Å². The quantitative estimate of drug-likeness (QED) is 0.340. The Morgan fingerprint density at radius 1 is 1.40 bits per heavy atom. The average Bonchev–Trinajstić information content (AvgIpc) is 2.68. The highest BCUT2D eigenvalue weighted by Gasteiger charge is 2.32. The molecule has 0 bridgehead atoms. The van der Waals surface area contributed by atoms with Crippen molar-refractivity contribution in [3.63, 3.8) is 0 Å². The number of methoxy groups -OCH3 is 2. The van der Waals surface area contributed by atoms with E-state index < -0.39 is 0 Å². The lowest BCUT2D eigenvalue weighted by Crippen LogP contribution is -2.34. The number of carbonyl (C=O) groups is 1. The average molecular weight is 217 g/mol. The summed E-state index contributed by atoms with van der Waals surface area (Å²) in [5.41, 5.74) is 2.11. The molecule has 1 aliphatic rings. The molecule has 1 heterocycles. The Hall–Kier alpha value is -0.690. The summed E-state index contributed by atoms with van der Waals surface area (Å²) in [6.45, 7) is 2.28. The van der Waals surface area contributed by atoms with E-state index in [4.69, 9.17) is 15.3 Å². The second kappa shape index (κ2) is 6.02. The van der Waals surface area contributed by atoms with Gasteiger partial charge in [0.05, 0.1) is 12.2 Å². The second-order valence-corrected chi connectivity index (χ2v) is 3.63. The van der Waals surface area contributed by atoms with Crippen LogP contribution in [-0.4, -0.2) is 56.9 Å². The second-order valence-electron chi connectivity index (χ2n) is 3.63. The number of likely N-dealkylation sites (tertiary alicyclic amines) is 1. The van der Waals surface area contributed by atoms with Crippen molar-refractivity contribution in [1.82, 2.24) is 10.3 Å². The molecule has 0 spiro atoms. The molecule has 1 fully saturated rings. The van der Waals surface area contributed by atoms with Gasteiger partial charge in [-0.2, -0.15) is 0 Å². The zero-order valence-corrected chi connectivity index (χ0v) is 9.23. The standard InChI is InChI=1S/C9H19N3O3/c1-14-7-5-12(6-8(7)15-2)4-3-9(13)11-10/h7-8H,3-6,10H2,1-2H3,(H,11,13). The first-order valence-corrected chi connectivity index (χ1v) is 4.98. The van der Waals surface area contributed by atoms with Crippen molar-refractivity contribution in [1.29, 1.82) is 0 Å². The zero-order chi connectivity index (χ0) is 11.3. The van der Waals surface area contributed by atoms with Gasteiger partial charge in [0.25, 0.3) is 0 Å². The third-order valence-electron chi connectivity index (χ3n) is 2.71. The molecule has 6 nitrogen and oxygen atoms in total. The number of nitrogens with two attached hydrogens (primary N) is 1. The number of hydrogen-bond donors (Lipinski definition) is 2. The van der Waals surface area contributed by atoms with Crippen LogP contribution in [0.1, 0.15) is 6.42 Å². The number of carbonyl (C=O) groups excluding carboxylic acids is 1. The maximum Gasteiger partial charge on any atom is 0.235 e. The van der Waals surface area contributed by atoms with Crippen molar-refractivity contribution >= 4 is 5.91 Å². The molecule has 0 aromatic rings. The minimum atomic E-state index is -0.148. The van der Waals surface area contributed by atoms with Gasteiger partial charge in [-0.25, -0.2) is 5.84 Å². The van der Waals surface area contributed by atoms with Crippen LogP contribution >= 0.6 is 0 Å². The number of hydrazine groups is 1. The first-order valence-electron chi connectivity index (χ1n) is 4.98. The largest absolute Gasteiger partial charge is 0.377 e. The van der Waals surface area contributed by atoms with Gasteiger partial charge < -0.3 is 9.47 Å².